The standard InChI is InChI=1S/C24H46N2O9/c1-23(2,3)34-21(27)25-7-11-29-15-16-30-12-8-26(22(28)35-24(4,5)6)10-14-32-18-20-33-19-17-31-13-9-25/h7-20H2,1-6H3. The fourth-order valence-corrected chi connectivity index (χ4v) is 2.80. The molecule has 0 saturated carbocycles. The van der Waals surface area contributed by atoms with E-state index in [0.717, 1.165) is 0 Å². The van der Waals surface area contributed by atoms with Gasteiger partial charge in [0.2, 0.25) is 0 Å². The van der Waals surface area contributed by atoms with Crippen LogP contribution in [0.4, 0.5) is 9.59 Å². The summed E-state index contributed by atoms with van der Waals surface area (Å²) in [6.45, 7) is 16.3. The van der Waals surface area contributed by atoms with Gasteiger partial charge in [-0.2, -0.15) is 0 Å². The molecule has 1 fully saturated rings. The van der Waals surface area contributed by atoms with Gasteiger partial charge in [-0.05, 0) is 41.5 Å². The van der Waals surface area contributed by atoms with Gasteiger partial charge in [0.15, 0.2) is 0 Å². The molecule has 11 nitrogen and oxygen atoms in total. The summed E-state index contributed by atoms with van der Waals surface area (Å²) in [5, 5.41) is 0. The Morgan fingerprint density at radius 1 is 0.486 bits per heavy atom. The number of carbonyl (C=O) groups excluding carboxylic acids is 2. The van der Waals surface area contributed by atoms with Crippen molar-refractivity contribution in [1.82, 2.24) is 9.80 Å². The van der Waals surface area contributed by atoms with Crippen LogP contribution in [-0.4, -0.2) is 125 Å². The highest BCUT2D eigenvalue weighted by Gasteiger charge is 2.23. The normalized spacial score (nSPS) is 19.9. The molecule has 0 N–H and O–H groups in total. The van der Waals surface area contributed by atoms with Crippen molar-refractivity contribution in [3.8, 4) is 0 Å². The first-order valence-corrected chi connectivity index (χ1v) is 12.3. The summed E-state index contributed by atoms with van der Waals surface area (Å²) in [7, 11) is 0. The third kappa shape index (κ3) is 17.4. The minimum absolute atomic E-state index is 0.340. The molecular weight excluding hydrogens is 460 g/mol. The first-order valence-electron chi connectivity index (χ1n) is 12.3. The molecule has 0 aromatic heterocycles. The number of hydrogen-bond donors (Lipinski definition) is 0. The average molecular weight is 507 g/mol. The third-order valence-electron chi connectivity index (χ3n) is 4.44. The highest BCUT2D eigenvalue weighted by molar-refractivity contribution is 5.68. The Morgan fingerprint density at radius 3 is 0.943 bits per heavy atom. The van der Waals surface area contributed by atoms with E-state index in [2.05, 4.69) is 0 Å². The number of amides is 2. The van der Waals surface area contributed by atoms with E-state index in [-0.39, 0.29) is 0 Å². The molecule has 0 aromatic carbocycles. The monoisotopic (exact) mass is 506 g/mol. The molecule has 1 aliphatic heterocycles. The van der Waals surface area contributed by atoms with Gasteiger partial charge in [-0.25, -0.2) is 9.59 Å². The van der Waals surface area contributed by atoms with Gasteiger partial charge < -0.3 is 43.0 Å². The van der Waals surface area contributed by atoms with E-state index in [4.69, 9.17) is 33.2 Å². The van der Waals surface area contributed by atoms with Crippen molar-refractivity contribution in [2.24, 2.45) is 0 Å². The van der Waals surface area contributed by atoms with Crippen LogP contribution < -0.4 is 0 Å². The number of rotatable bonds is 0. The molecule has 1 heterocycles. The molecule has 0 bridgehead atoms. The molecule has 11 heteroatoms. The van der Waals surface area contributed by atoms with Crippen LogP contribution in [0.3, 0.4) is 0 Å². The van der Waals surface area contributed by atoms with Crippen molar-refractivity contribution in [3.05, 3.63) is 0 Å². The minimum Gasteiger partial charge on any atom is -0.444 e. The zero-order valence-electron chi connectivity index (χ0n) is 22.5. The van der Waals surface area contributed by atoms with Gasteiger partial charge in [0, 0.05) is 26.2 Å². The maximum Gasteiger partial charge on any atom is 0.410 e. The van der Waals surface area contributed by atoms with Crippen molar-refractivity contribution in [3.63, 3.8) is 0 Å². The Bertz CT molecular complexity index is 541. The van der Waals surface area contributed by atoms with Gasteiger partial charge >= 0.3 is 12.2 Å². The summed E-state index contributed by atoms with van der Waals surface area (Å²) in [5.74, 6) is 0. The SMILES string of the molecule is CC(C)(C)OC(=O)N1CCOCCOCCOCCN(C(=O)OC(C)(C)C)CCOCCOCC1. The van der Waals surface area contributed by atoms with E-state index in [9.17, 15) is 9.59 Å². The smallest absolute Gasteiger partial charge is 0.410 e. The van der Waals surface area contributed by atoms with E-state index >= 15 is 0 Å². The largest absolute Gasteiger partial charge is 0.444 e. The van der Waals surface area contributed by atoms with Crippen LogP contribution in [-0.2, 0) is 33.2 Å². The first kappa shape index (κ1) is 31.4. The summed E-state index contributed by atoms with van der Waals surface area (Å²) in [6.07, 6.45) is -0.815. The van der Waals surface area contributed by atoms with E-state index in [1.165, 1.54) is 0 Å². The Kier molecular flexibility index (Phi) is 15.2. The van der Waals surface area contributed by atoms with Crippen LogP contribution in [0.1, 0.15) is 41.5 Å². The Balaban J connectivity index is 2.58. The molecule has 2 amide bonds. The quantitative estimate of drug-likeness (QED) is 0.490. The topological polar surface area (TPSA) is 105 Å². The van der Waals surface area contributed by atoms with Crippen molar-refractivity contribution in [2.45, 2.75) is 52.7 Å². The molecule has 35 heavy (non-hydrogen) atoms. The second-order valence-corrected chi connectivity index (χ2v) is 10.00. The fourth-order valence-electron chi connectivity index (χ4n) is 2.80. The molecule has 0 atom stereocenters. The van der Waals surface area contributed by atoms with E-state index in [0.29, 0.717) is 92.2 Å². The first-order chi connectivity index (χ1) is 16.5. The van der Waals surface area contributed by atoms with Crippen molar-refractivity contribution in [2.75, 3.05) is 92.2 Å². The molecule has 0 aliphatic carbocycles. The number of hydrogen-bond acceptors (Lipinski definition) is 9. The zero-order valence-corrected chi connectivity index (χ0v) is 22.5. The summed E-state index contributed by atoms with van der Waals surface area (Å²) in [4.78, 5) is 28.1. The van der Waals surface area contributed by atoms with Gasteiger partial charge in [0.1, 0.15) is 11.2 Å². The summed E-state index contributed by atoms with van der Waals surface area (Å²) >= 11 is 0. The fraction of sp³-hybridized carbons (Fsp3) is 0.917. The number of nitrogens with zero attached hydrogens (tertiary/aromatic N) is 2. The van der Waals surface area contributed by atoms with Crippen LogP contribution in [0.15, 0.2) is 0 Å². The zero-order chi connectivity index (χ0) is 26.2. The predicted molar refractivity (Wildman–Crippen MR) is 130 cm³/mol. The lowest BCUT2D eigenvalue weighted by molar-refractivity contribution is -0.00537. The second-order valence-electron chi connectivity index (χ2n) is 10.00. The van der Waals surface area contributed by atoms with Crippen molar-refractivity contribution in [1.29, 1.82) is 0 Å². The van der Waals surface area contributed by atoms with Crippen LogP contribution in [0.5, 0.6) is 0 Å². The molecular formula is C24H46N2O9. The molecule has 1 aliphatic rings. The Labute approximate surface area is 210 Å². The minimum atomic E-state index is -0.586. The molecule has 0 radical (unpaired) electrons. The van der Waals surface area contributed by atoms with Gasteiger partial charge in [-0.15, -0.1) is 0 Å². The Hall–Kier alpha value is -1.66. The lowest BCUT2D eigenvalue weighted by Gasteiger charge is -2.27. The van der Waals surface area contributed by atoms with Crippen LogP contribution in [0.2, 0.25) is 0 Å². The van der Waals surface area contributed by atoms with Crippen LogP contribution >= 0.6 is 0 Å². The maximum absolute atomic E-state index is 12.5. The molecule has 0 aromatic rings. The van der Waals surface area contributed by atoms with Gasteiger partial charge in [0.05, 0.1) is 66.1 Å². The number of carbonyl (C=O) groups is 2. The average Bonchev–Trinajstić information content (AvgIpc) is 2.73. The van der Waals surface area contributed by atoms with E-state index in [1.54, 1.807) is 9.80 Å². The Morgan fingerprint density at radius 2 is 0.714 bits per heavy atom. The highest BCUT2D eigenvalue weighted by atomic mass is 16.6. The third-order valence-corrected chi connectivity index (χ3v) is 4.44. The lowest BCUT2D eigenvalue weighted by Crippen LogP contribution is -2.41. The molecule has 1 saturated heterocycles. The van der Waals surface area contributed by atoms with E-state index in [1.807, 2.05) is 41.5 Å². The van der Waals surface area contributed by atoms with Gasteiger partial charge in [-0.1, -0.05) is 0 Å². The lowest BCUT2D eigenvalue weighted by atomic mass is 10.2. The molecule has 1 rings (SSSR count). The number of ether oxygens (including phenoxy) is 7. The molecule has 0 spiro atoms. The van der Waals surface area contributed by atoms with Gasteiger partial charge in [0.25, 0.3) is 0 Å². The summed E-state index contributed by atoms with van der Waals surface area (Å²) in [5.41, 5.74) is -1.17. The predicted octanol–water partition coefficient (Wildman–Crippen LogP) is 2.56. The summed E-state index contributed by atoms with van der Waals surface area (Å²) in [6, 6.07) is 0. The van der Waals surface area contributed by atoms with Gasteiger partial charge in [-0.3, -0.25) is 0 Å². The van der Waals surface area contributed by atoms with Crippen LogP contribution in [0.25, 0.3) is 0 Å². The maximum atomic E-state index is 12.5. The summed E-state index contributed by atoms with van der Waals surface area (Å²) < 4.78 is 38.9. The van der Waals surface area contributed by atoms with Crippen LogP contribution in [0, 0.1) is 0 Å². The molecule has 206 valence electrons. The molecule has 0 unspecified atom stereocenters. The van der Waals surface area contributed by atoms with Crippen molar-refractivity contribution >= 4 is 12.2 Å². The second kappa shape index (κ2) is 16.9. The van der Waals surface area contributed by atoms with E-state index < -0.39 is 23.4 Å². The highest BCUT2D eigenvalue weighted by Crippen LogP contribution is 2.11. The van der Waals surface area contributed by atoms with Crippen molar-refractivity contribution < 1.29 is 42.7 Å².